The summed E-state index contributed by atoms with van der Waals surface area (Å²) in [7, 11) is 0. The Morgan fingerprint density at radius 2 is 1.77 bits per heavy atom. The Bertz CT molecular complexity index is 1490. The number of amides is 1. The Balaban J connectivity index is 1.36. The molecule has 0 fully saturated rings. The van der Waals surface area contributed by atoms with Crippen molar-refractivity contribution in [3.8, 4) is 5.69 Å². The summed E-state index contributed by atoms with van der Waals surface area (Å²) in [5.74, 6) is -0.353. The molecule has 204 valence electrons. The maximum absolute atomic E-state index is 12.9. The number of nitrogens with zero attached hydrogens (tertiary/aromatic N) is 3. The minimum atomic E-state index is -4.43. The highest BCUT2D eigenvalue weighted by Gasteiger charge is 2.30. The van der Waals surface area contributed by atoms with E-state index in [1.807, 2.05) is 19.9 Å². The van der Waals surface area contributed by atoms with Crippen molar-refractivity contribution in [2.24, 2.45) is 5.10 Å². The second kappa shape index (κ2) is 11.1. The second-order valence-corrected chi connectivity index (χ2v) is 11.1. The van der Waals surface area contributed by atoms with Crippen LogP contribution in [0.3, 0.4) is 0 Å². The minimum Gasteiger partial charge on any atom is -0.332 e. The third-order valence-electron chi connectivity index (χ3n) is 6.19. The number of hydrogen-bond donors (Lipinski definition) is 2. The largest absolute Gasteiger partial charge is 0.416 e. The maximum atomic E-state index is 12.9. The van der Waals surface area contributed by atoms with Crippen LogP contribution in [-0.2, 0) is 22.8 Å². The predicted molar refractivity (Wildman–Crippen MR) is 150 cm³/mol. The molecular formula is C29H30F3N5OS. The number of rotatable bonds is 7. The molecular weight excluding hydrogens is 523 g/mol. The molecule has 0 aliphatic heterocycles. The van der Waals surface area contributed by atoms with Gasteiger partial charge in [-0.2, -0.15) is 18.3 Å². The molecule has 0 saturated carbocycles. The molecule has 0 bridgehead atoms. The Hall–Kier alpha value is -3.92. The zero-order chi connectivity index (χ0) is 28.4. The van der Waals surface area contributed by atoms with Crippen LogP contribution in [0.4, 0.5) is 24.0 Å². The standard InChI is InChI=1S/C29H30F3N5OS/c1-18-13-20(19(2)37(18)25-11-9-21(10-12-25)28(3,4)5)16-33-36-26(38)15-24-17-39-27(35-24)34-23-8-6-7-22(14-23)29(30,31)32/h6-14,16-17H,15H2,1-5H3,(H,34,35)(H,36,38)/b33-16-. The first-order chi connectivity index (χ1) is 18.3. The number of hydrogen-bond acceptors (Lipinski definition) is 5. The summed E-state index contributed by atoms with van der Waals surface area (Å²) in [6.07, 6.45) is -2.83. The number of benzene rings is 2. The molecule has 0 spiro atoms. The van der Waals surface area contributed by atoms with Crippen molar-refractivity contribution in [1.29, 1.82) is 0 Å². The molecule has 0 saturated heterocycles. The summed E-state index contributed by atoms with van der Waals surface area (Å²) in [6.45, 7) is 10.6. The zero-order valence-corrected chi connectivity index (χ0v) is 23.2. The average Bonchev–Trinajstić information content (AvgIpc) is 3.40. The van der Waals surface area contributed by atoms with E-state index in [4.69, 9.17) is 0 Å². The Morgan fingerprint density at radius 3 is 2.44 bits per heavy atom. The summed E-state index contributed by atoms with van der Waals surface area (Å²) in [4.78, 5) is 16.7. The van der Waals surface area contributed by atoms with Crippen LogP contribution in [0.15, 0.2) is 65.1 Å². The average molecular weight is 554 g/mol. The highest BCUT2D eigenvalue weighted by Crippen LogP contribution is 2.32. The SMILES string of the molecule is Cc1cc(/C=N\NC(=O)Cc2csc(Nc3cccc(C(F)(F)F)c3)n2)c(C)n1-c1ccc(C(C)(C)C)cc1. The van der Waals surface area contributed by atoms with Crippen LogP contribution in [-0.4, -0.2) is 21.7 Å². The van der Waals surface area contributed by atoms with Gasteiger partial charge in [0.25, 0.3) is 0 Å². The lowest BCUT2D eigenvalue weighted by atomic mass is 9.87. The quantitative estimate of drug-likeness (QED) is 0.186. The van der Waals surface area contributed by atoms with Crippen LogP contribution in [0.25, 0.3) is 5.69 Å². The summed E-state index contributed by atoms with van der Waals surface area (Å²) in [6, 6.07) is 15.4. The number of halogens is 3. The third kappa shape index (κ3) is 6.94. The topological polar surface area (TPSA) is 71.3 Å². The Kier molecular flexibility index (Phi) is 7.96. The van der Waals surface area contributed by atoms with E-state index in [2.05, 4.69) is 70.4 Å². The summed E-state index contributed by atoms with van der Waals surface area (Å²) in [5, 5.41) is 9.04. The first-order valence-corrected chi connectivity index (χ1v) is 13.2. The Labute approximate surface area is 229 Å². The molecule has 0 unspecified atom stereocenters. The van der Waals surface area contributed by atoms with Gasteiger partial charge in [0.05, 0.1) is 23.9 Å². The molecule has 4 rings (SSSR count). The monoisotopic (exact) mass is 553 g/mol. The number of carbonyl (C=O) groups is 1. The minimum absolute atomic E-state index is 0.0166. The molecule has 4 aromatic rings. The van der Waals surface area contributed by atoms with Gasteiger partial charge in [-0.15, -0.1) is 11.3 Å². The van der Waals surface area contributed by atoms with Gasteiger partial charge in [-0.05, 0) is 61.2 Å². The van der Waals surface area contributed by atoms with Gasteiger partial charge < -0.3 is 9.88 Å². The van der Waals surface area contributed by atoms with Crippen LogP contribution >= 0.6 is 11.3 Å². The van der Waals surface area contributed by atoms with Crippen molar-refractivity contribution >= 4 is 34.3 Å². The van der Waals surface area contributed by atoms with Gasteiger partial charge in [-0.3, -0.25) is 4.79 Å². The fraction of sp³-hybridized carbons (Fsp3) is 0.276. The van der Waals surface area contributed by atoms with E-state index in [1.165, 1.54) is 29.0 Å². The molecule has 0 atom stereocenters. The van der Waals surface area contributed by atoms with Crippen LogP contribution in [0, 0.1) is 13.8 Å². The molecule has 2 heterocycles. The molecule has 2 N–H and O–H groups in total. The molecule has 6 nitrogen and oxygen atoms in total. The molecule has 0 aliphatic rings. The van der Waals surface area contributed by atoms with Gasteiger partial charge in [0.2, 0.25) is 5.91 Å². The van der Waals surface area contributed by atoms with Crippen molar-refractivity contribution in [3.63, 3.8) is 0 Å². The van der Waals surface area contributed by atoms with E-state index >= 15 is 0 Å². The highest BCUT2D eigenvalue weighted by atomic mass is 32.1. The fourth-order valence-electron chi connectivity index (χ4n) is 4.15. The summed E-state index contributed by atoms with van der Waals surface area (Å²) < 4.78 is 41.0. The molecule has 1 amide bonds. The van der Waals surface area contributed by atoms with Crippen LogP contribution in [0.5, 0.6) is 0 Å². The van der Waals surface area contributed by atoms with E-state index in [-0.39, 0.29) is 23.4 Å². The van der Waals surface area contributed by atoms with Gasteiger partial charge in [-0.25, -0.2) is 10.4 Å². The van der Waals surface area contributed by atoms with Gasteiger partial charge >= 0.3 is 6.18 Å². The summed E-state index contributed by atoms with van der Waals surface area (Å²) in [5.41, 5.74) is 7.85. The van der Waals surface area contributed by atoms with Gasteiger partial charge in [0.15, 0.2) is 5.13 Å². The lowest BCUT2D eigenvalue weighted by Gasteiger charge is -2.20. The smallest absolute Gasteiger partial charge is 0.332 e. The van der Waals surface area contributed by atoms with E-state index in [0.29, 0.717) is 10.8 Å². The molecule has 10 heteroatoms. The van der Waals surface area contributed by atoms with Crippen molar-refractivity contribution in [2.75, 3.05) is 5.32 Å². The zero-order valence-electron chi connectivity index (χ0n) is 22.3. The molecule has 2 aromatic carbocycles. The van der Waals surface area contributed by atoms with Gasteiger partial charge in [-0.1, -0.05) is 39.0 Å². The van der Waals surface area contributed by atoms with Crippen molar-refractivity contribution in [3.05, 3.63) is 93.7 Å². The second-order valence-electron chi connectivity index (χ2n) is 10.3. The van der Waals surface area contributed by atoms with Crippen molar-refractivity contribution < 1.29 is 18.0 Å². The van der Waals surface area contributed by atoms with E-state index in [9.17, 15) is 18.0 Å². The number of aryl methyl sites for hydroxylation is 1. The lowest BCUT2D eigenvalue weighted by molar-refractivity contribution is -0.137. The van der Waals surface area contributed by atoms with Crippen molar-refractivity contribution in [1.82, 2.24) is 15.0 Å². The van der Waals surface area contributed by atoms with Crippen molar-refractivity contribution in [2.45, 2.75) is 52.6 Å². The number of aromatic nitrogens is 2. The highest BCUT2D eigenvalue weighted by molar-refractivity contribution is 7.13. The first kappa shape index (κ1) is 28.1. The maximum Gasteiger partial charge on any atom is 0.416 e. The number of thiazole rings is 1. The third-order valence-corrected chi connectivity index (χ3v) is 7.00. The van der Waals surface area contributed by atoms with E-state index in [0.717, 1.165) is 34.8 Å². The Morgan fingerprint density at radius 1 is 1.05 bits per heavy atom. The predicted octanol–water partition coefficient (Wildman–Crippen LogP) is 7.30. The number of anilines is 2. The number of carbonyl (C=O) groups excluding carboxylic acids is 1. The van der Waals surface area contributed by atoms with Gasteiger partial charge in [0.1, 0.15) is 0 Å². The lowest BCUT2D eigenvalue weighted by Crippen LogP contribution is -2.20. The molecule has 0 aliphatic carbocycles. The van der Waals surface area contributed by atoms with E-state index in [1.54, 1.807) is 11.6 Å². The number of alkyl halides is 3. The normalized spacial score (nSPS) is 12.2. The summed E-state index contributed by atoms with van der Waals surface area (Å²) >= 11 is 1.20. The fourth-order valence-corrected chi connectivity index (χ4v) is 4.88. The molecule has 39 heavy (non-hydrogen) atoms. The van der Waals surface area contributed by atoms with Crippen LogP contribution in [0.2, 0.25) is 0 Å². The number of hydrazone groups is 1. The number of nitrogens with one attached hydrogen (secondary N) is 2. The molecule has 0 radical (unpaired) electrons. The first-order valence-electron chi connectivity index (χ1n) is 12.3. The van der Waals surface area contributed by atoms with Crippen LogP contribution in [0.1, 0.15) is 54.5 Å². The van der Waals surface area contributed by atoms with Gasteiger partial charge in [0, 0.05) is 33.7 Å². The van der Waals surface area contributed by atoms with Crippen LogP contribution < -0.4 is 10.7 Å². The molecule has 2 aromatic heterocycles. The van der Waals surface area contributed by atoms with E-state index < -0.39 is 11.7 Å².